The number of imidazole rings is 1. The van der Waals surface area contributed by atoms with Crippen LogP contribution in [0.5, 0.6) is 0 Å². The molecule has 0 bridgehead atoms. The van der Waals surface area contributed by atoms with Gasteiger partial charge in [-0.25, -0.2) is 9.78 Å². The minimum absolute atomic E-state index is 0.280. The molecule has 8 nitrogen and oxygen atoms in total. The van der Waals surface area contributed by atoms with Gasteiger partial charge in [-0.2, -0.15) is 0 Å². The Labute approximate surface area is 194 Å². The molecule has 1 aromatic carbocycles. The maximum Gasteiger partial charge on any atom is 0.332 e. The average Bonchev–Trinajstić information content (AvgIpc) is 3.25. The Morgan fingerprint density at radius 3 is 2.45 bits per heavy atom. The Kier molecular flexibility index (Phi) is 7.25. The number of H-pyrrole nitrogens is 1. The van der Waals surface area contributed by atoms with Gasteiger partial charge in [0.25, 0.3) is 5.56 Å². The topological polar surface area (TPSA) is 79.2 Å². The van der Waals surface area contributed by atoms with Gasteiger partial charge in [0.05, 0.1) is 0 Å². The van der Waals surface area contributed by atoms with Crippen molar-refractivity contribution in [3.63, 3.8) is 0 Å². The van der Waals surface area contributed by atoms with Crippen LogP contribution >= 0.6 is 0 Å². The van der Waals surface area contributed by atoms with E-state index in [4.69, 9.17) is 0 Å². The van der Waals surface area contributed by atoms with E-state index in [0.717, 1.165) is 56.1 Å². The lowest BCUT2D eigenvalue weighted by atomic mass is 10.2. The maximum atomic E-state index is 12.6. The molecule has 3 aromatic rings. The predicted octanol–water partition coefficient (Wildman–Crippen LogP) is 1.95. The van der Waals surface area contributed by atoms with Crippen molar-refractivity contribution in [3.05, 3.63) is 68.6 Å². The number of nitrogens with zero attached hydrogens (tertiary/aromatic N) is 5. The van der Waals surface area contributed by atoms with Crippen molar-refractivity contribution in [1.82, 2.24) is 28.9 Å². The monoisotopic (exact) mass is 450 g/mol. The molecule has 0 saturated carbocycles. The number of rotatable bonds is 8. The molecule has 0 aliphatic carbocycles. The van der Waals surface area contributed by atoms with E-state index in [1.807, 2.05) is 19.9 Å². The van der Waals surface area contributed by atoms with Crippen LogP contribution in [0.3, 0.4) is 0 Å². The number of hydrogen-bond donors (Lipinski definition) is 1. The summed E-state index contributed by atoms with van der Waals surface area (Å²) in [5, 5.41) is 0. The minimum Gasteiger partial charge on any atom is -0.336 e. The first-order valence-corrected chi connectivity index (χ1v) is 11.8. The highest BCUT2D eigenvalue weighted by Gasteiger charge is 2.19. The molecule has 33 heavy (non-hydrogen) atoms. The standard InChI is InChI=1S/C25H34N6O2/c1-19(2)18-31-23-22(24(32)28(3)25(31)33)26-21(27-23)11-13-30-16-14-29(15-17-30)12-7-10-20-8-5-4-6-9-20/h4-10,19H,11-18H2,1-3H3,(H,26,27). The quantitative estimate of drug-likeness (QED) is 0.568. The first kappa shape index (κ1) is 23.2. The minimum atomic E-state index is -0.314. The summed E-state index contributed by atoms with van der Waals surface area (Å²) < 4.78 is 2.78. The summed E-state index contributed by atoms with van der Waals surface area (Å²) in [6.45, 7) is 10.6. The summed E-state index contributed by atoms with van der Waals surface area (Å²) in [7, 11) is 1.52. The number of nitrogens with one attached hydrogen (secondary N) is 1. The largest absolute Gasteiger partial charge is 0.336 e. The van der Waals surface area contributed by atoms with E-state index in [1.54, 1.807) is 4.57 Å². The number of aromatic nitrogens is 4. The van der Waals surface area contributed by atoms with Gasteiger partial charge in [0.15, 0.2) is 5.65 Å². The van der Waals surface area contributed by atoms with E-state index < -0.39 is 0 Å². The van der Waals surface area contributed by atoms with Gasteiger partial charge in [-0.3, -0.25) is 18.8 Å². The Morgan fingerprint density at radius 2 is 1.76 bits per heavy atom. The van der Waals surface area contributed by atoms with E-state index in [-0.39, 0.29) is 17.2 Å². The van der Waals surface area contributed by atoms with Crippen LogP contribution in [0.2, 0.25) is 0 Å². The summed E-state index contributed by atoms with van der Waals surface area (Å²) in [5.74, 6) is 1.04. The van der Waals surface area contributed by atoms with Crippen molar-refractivity contribution < 1.29 is 0 Å². The lowest BCUT2D eigenvalue weighted by Crippen LogP contribution is -2.46. The molecule has 8 heteroatoms. The van der Waals surface area contributed by atoms with E-state index in [0.29, 0.717) is 17.7 Å². The number of piperazine rings is 1. The molecule has 1 aliphatic heterocycles. The lowest BCUT2D eigenvalue weighted by molar-refractivity contribution is 0.143. The molecule has 2 aromatic heterocycles. The summed E-state index contributed by atoms with van der Waals surface area (Å²) in [4.78, 5) is 37.9. The van der Waals surface area contributed by atoms with Crippen molar-refractivity contribution >= 4 is 17.2 Å². The maximum absolute atomic E-state index is 12.6. The van der Waals surface area contributed by atoms with Gasteiger partial charge in [0.1, 0.15) is 11.3 Å². The van der Waals surface area contributed by atoms with Gasteiger partial charge in [0, 0.05) is 59.3 Å². The van der Waals surface area contributed by atoms with Crippen molar-refractivity contribution in [1.29, 1.82) is 0 Å². The van der Waals surface area contributed by atoms with Gasteiger partial charge < -0.3 is 9.88 Å². The first-order valence-electron chi connectivity index (χ1n) is 11.8. The van der Waals surface area contributed by atoms with Crippen LogP contribution in [0.4, 0.5) is 0 Å². The molecular weight excluding hydrogens is 416 g/mol. The van der Waals surface area contributed by atoms with Gasteiger partial charge in [-0.15, -0.1) is 0 Å². The highest BCUT2D eigenvalue weighted by molar-refractivity contribution is 5.69. The summed E-state index contributed by atoms with van der Waals surface area (Å²) in [6, 6.07) is 10.4. The van der Waals surface area contributed by atoms with Crippen molar-refractivity contribution in [2.24, 2.45) is 13.0 Å². The summed E-state index contributed by atoms with van der Waals surface area (Å²) in [5.41, 5.74) is 1.50. The molecule has 0 unspecified atom stereocenters. The molecule has 0 atom stereocenters. The SMILES string of the molecule is CC(C)Cn1c(=O)n(C)c(=O)c2[nH]c(CCN3CCN(CC=Cc4ccccc4)CC3)nc21. The molecule has 1 N–H and O–H groups in total. The highest BCUT2D eigenvalue weighted by atomic mass is 16.2. The van der Waals surface area contributed by atoms with E-state index >= 15 is 0 Å². The Balaban J connectivity index is 1.34. The predicted molar refractivity (Wildman–Crippen MR) is 132 cm³/mol. The number of fused-ring (bicyclic) bond motifs is 1. The molecule has 0 radical (unpaired) electrons. The smallest absolute Gasteiger partial charge is 0.332 e. The van der Waals surface area contributed by atoms with E-state index in [2.05, 4.69) is 56.2 Å². The molecule has 1 saturated heterocycles. The van der Waals surface area contributed by atoms with Gasteiger partial charge in [-0.05, 0) is 11.5 Å². The molecule has 0 spiro atoms. The molecule has 1 fully saturated rings. The molecule has 176 valence electrons. The first-order chi connectivity index (χ1) is 15.9. The molecule has 1 aliphatic rings. The zero-order chi connectivity index (χ0) is 23.4. The zero-order valence-electron chi connectivity index (χ0n) is 19.8. The van der Waals surface area contributed by atoms with Crippen LogP contribution in [0, 0.1) is 5.92 Å². The second-order valence-corrected chi connectivity index (χ2v) is 9.24. The Bertz CT molecular complexity index is 1210. The lowest BCUT2D eigenvalue weighted by Gasteiger charge is -2.33. The average molecular weight is 451 g/mol. The van der Waals surface area contributed by atoms with Crippen molar-refractivity contribution in [2.75, 3.05) is 39.3 Å². The molecule has 3 heterocycles. The third-order valence-corrected chi connectivity index (χ3v) is 6.18. The fourth-order valence-electron chi connectivity index (χ4n) is 4.29. The molecule has 0 amide bonds. The fraction of sp³-hybridized carbons (Fsp3) is 0.480. The van der Waals surface area contributed by atoms with Crippen LogP contribution < -0.4 is 11.2 Å². The van der Waals surface area contributed by atoms with Crippen molar-refractivity contribution in [2.45, 2.75) is 26.8 Å². The third kappa shape index (κ3) is 5.51. The highest BCUT2D eigenvalue weighted by Crippen LogP contribution is 2.10. The summed E-state index contributed by atoms with van der Waals surface area (Å²) in [6.07, 6.45) is 5.13. The van der Waals surface area contributed by atoms with Crippen LogP contribution in [-0.2, 0) is 20.0 Å². The van der Waals surface area contributed by atoms with Crippen LogP contribution in [0.25, 0.3) is 17.2 Å². The summed E-state index contributed by atoms with van der Waals surface area (Å²) >= 11 is 0. The second-order valence-electron chi connectivity index (χ2n) is 9.24. The zero-order valence-corrected chi connectivity index (χ0v) is 19.8. The van der Waals surface area contributed by atoms with E-state index in [1.165, 1.54) is 12.6 Å². The van der Waals surface area contributed by atoms with Crippen LogP contribution in [0.1, 0.15) is 25.2 Å². The van der Waals surface area contributed by atoms with Crippen LogP contribution in [0.15, 0.2) is 46.0 Å². The Hall–Kier alpha value is -2.97. The van der Waals surface area contributed by atoms with Crippen LogP contribution in [-0.4, -0.2) is 68.2 Å². The number of aromatic amines is 1. The molecular formula is C25H34N6O2. The number of hydrogen-bond acceptors (Lipinski definition) is 5. The van der Waals surface area contributed by atoms with Gasteiger partial charge >= 0.3 is 5.69 Å². The molecule has 4 rings (SSSR count). The number of benzene rings is 1. The van der Waals surface area contributed by atoms with E-state index in [9.17, 15) is 9.59 Å². The third-order valence-electron chi connectivity index (χ3n) is 6.18. The van der Waals surface area contributed by atoms with Gasteiger partial charge in [-0.1, -0.05) is 56.3 Å². The van der Waals surface area contributed by atoms with Gasteiger partial charge in [0.2, 0.25) is 0 Å². The fourth-order valence-corrected chi connectivity index (χ4v) is 4.29. The Morgan fingerprint density at radius 1 is 1.06 bits per heavy atom. The van der Waals surface area contributed by atoms with Crippen molar-refractivity contribution in [3.8, 4) is 0 Å². The second kappa shape index (κ2) is 10.3. The normalized spacial score (nSPS) is 15.9.